The molecule has 0 aliphatic carbocycles. The second-order valence-corrected chi connectivity index (χ2v) is 9.43. The molecule has 38 heavy (non-hydrogen) atoms. The maximum absolute atomic E-state index is 13.3. The van der Waals surface area contributed by atoms with Crippen LogP contribution in [0.3, 0.4) is 0 Å². The molecule has 3 aromatic rings. The third-order valence-electron chi connectivity index (χ3n) is 5.53. The van der Waals surface area contributed by atoms with Gasteiger partial charge in [-0.1, -0.05) is 17.8 Å². The minimum Gasteiger partial charge on any atom is -0.465 e. The first-order chi connectivity index (χ1) is 18.4. The Labute approximate surface area is 220 Å². The van der Waals surface area contributed by atoms with Crippen LogP contribution in [-0.4, -0.2) is 35.6 Å². The molecular weight excluding hydrogens is 520 g/mol. The molecule has 2 aliphatic heterocycles. The van der Waals surface area contributed by atoms with E-state index in [9.17, 15) is 18.4 Å². The molecule has 196 valence electrons. The van der Waals surface area contributed by atoms with Crippen LogP contribution in [0.1, 0.15) is 18.2 Å². The Hall–Kier alpha value is -4.32. The van der Waals surface area contributed by atoms with E-state index >= 15 is 0 Å². The van der Waals surface area contributed by atoms with Gasteiger partial charge in [-0.05, 0) is 61.0 Å². The van der Waals surface area contributed by atoms with Crippen molar-refractivity contribution < 1.29 is 37.0 Å². The topological polar surface area (TPSA) is 103 Å². The van der Waals surface area contributed by atoms with Crippen LogP contribution >= 0.6 is 11.8 Å². The predicted octanol–water partition coefficient (Wildman–Crippen LogP) is 4.79. The van der Waals surface area contributed by atoms with Gasteiger partial charge >= 0.3 is 6.61 Å². The third kappa shape index (κ3) is 5.65. The van der Waals surface area contributed by atoms with Crippen molar-refractivity contribution in [3.05, 3.63) is 77.9 Å². The molecule has 12 heteroatoms. The molecule has 0 saturated heterocycles. The summed E-state index contributed by atoms with van der Waals surface area (Å²) in [6.07, 6.45) is 2.96. The van der Waals surface area contributed by atoms with Crippen molar-refractivity contribution in [1.29, 1.82) is 0 Å². The number of rotatable bonds is 8. The van der Waals surface area contributed by atoms with Gasteiger partial charge in [0.2, 0.25) is 12.7 Å². The summed E-state index contributed by atoms with van der Waals surface area (Å²) in [7, 11) is 0. The zero-order chi connectivity index (χ0) is 26.6. The number of furan rings is 1. The lowest BCUT2D eigenvalue weighted by Crippen LogP contribution is -2.35. The van der Waals surface area contributed by atoms with Gasteiger partial charge in [0.1, 0.15) is 17.2 Å². The van der Waals surface area contributed by atoms with Gasteiger partial charge in [-0.2, -0.15) is 8.78 Å². The molecule has 1 aromatic heterocycles. The molecule has 2 aromatic carbocycles. The molecule has 2 aliphatic rings. The van der Waals surface area contributed by atoms with Gasteiger partial charge in [-0.3, -0.25) is 14.5 Å². The number of amides is 2. The van der Waals surface area contributed by atoms with E-state index in [-0.39, 0.29) is 35.9 Å². The molecule has 0 fully saturated rings. The molecule has 9 nitrogen and oxygen atoms in total. The maximum Gasteiger partial charge on any atom is 0.387 e. The van der Waals surface area contributed by atoms with E-state index in [1.165, 1.54) is 41.5 Å². The van der Waals surface area contributed by atoms with Gasteiger partial charge in [0.25, 0.3) is 5.91 Å². The van der Waals surface area contributed by atoms with Crippen molar-refractivity contribution in [2.75, 3.05) is 11.7 Å². The van der Waals surface area contributed by atoms with E-state index in [2.05, 4.69) is 15.0 Å². The second kappa shape index (κ2) is 11.0. The fraction of sp³-hybridized carbons (Fsp3) is 0.192. The zero-order valence-corrected chi connectivity index (χ0v) is 20.7. The molecular formula is C26H21F2N3O6S. The van der Waals surface area contributed by atoms with Gasteiger partial charge in [0, 0.05) is 12.6 Å². The molecule has 0 spiro atoms. The van der Waals surface area contributed by atoms with Crippen LogP contribution in [0.4, 0.5) is 14.5 Å². The number of nitrogens with zero attached hydrogens (tertiary/aromatic N) is 2. The SMILES string of the molecule is CC(SC1=N/C(=C\c2ccco2)C(=O)N1c1ccc(OC(F)F)cc1)C(=O)NCc1ccc2c(c1)OCO2. The number of alkyl halides is 2. The number of hydrogen-bond donors (Lipinski definition) is 1. The van der Waals surface area contributed by atoms with Crippen LogP contribution in [0.2, 0.25) is 0 Å². The number of amidine groups is 1. The summed E-state index contributed by atoms with van der Waals surface area (Å²) < 4.78 is 45.5. The van der Waals surface area contributed by atoms with E-state index in [0.29, 0.717) is 22.9 Å². The monoisotopic (exact) mass is 541 g/mol. The number of benzene rings is 2. The highest BCUT2D eigenvalue weighted by atomic mass is 32.2. The molecule has 2 amide bonds. The number of nitrogens with one attached hydrogen (secondary N) is 1. The number of aliphatic imine (C=N–C) groups is 1. The van der Waals surface area contributed by atoms with Crippen molar-refractivity contribution in [2.45, 2.75) is 25.3 Å². The van der Waals surface area contributed by atoms with E-state index in [1.54, 1.807) is 31.2 Å². The number of thioether (sulfide) groups is 1. The first kappa shape index (κ1) is 25.3. The van der Waals surface area contributed by atoms with E-state index < -0.39 is 17.8 Å². The van der Waals surface area contributed by atoms with Gasteiger partial charge in [0.15, 0.2) is 16.7 Å². The molecule has 3 heterocycles. The lowest BCUT2D eigenvalue weighted by molar-refractivity contribution is -0.120. The number of ether oxygens (including phenoxy) is 3. The standard InChI is InChI=1S/C26H21F2N3O6S/c1-15(23(32)29-13-16-4-9-21-22(11-16)36-14-35-21)38-26-30-20(12-19-3-2-10-34-19)24(33)31(26)17-5-7-18(8-6-17)37-25(27)28/h2-12,15,25H,13-14H2,1H3,(H,29,32)/b20-12-. The lowest BCUT2D eigenvalue weighted by atomic mass is 10.2. The van der Waals surface area contributed by atoms with Crippen LogP contribution in [0, 0.1) is 0 Å². The largest absolute Gasteiger partial charge is 0.465 e. The normalized spacial score (nSPS) is 16.2. The summed E-state index contributed by atoms with van der Waals surface area (Å²) >= 11 is 1.08. The van der Waals surface area contributed by atoms with Crippen LogP contribution in [0.5, 0.6) is 17.2 Å². The first-order valence-corrected chi connectivity index (χ1v) is 12.3. The smallest absolute Gasteiger partial charge is 0.387 e. The van der Waals surface area contributed by atoms with Crippen molar-refractivity contribution in [3.63, 3.8) is 0 Å². The third-order valence-corrected chi connectivity index (χ3v) is 6.58. The summed E-state index contributed by atoms with van der Waals surface area (Å²) in [6.45, 7) is -0.848. The average molecular weight is 542 g/mol. The Morgan fingerprint density at radius 3 is 2.71 bits per heavy atom. The first-order valence-electron chi connectivity index (χ1n) is 11.4. The Morgan fingerprint density at radius 1 is 1.18 bits per heavy atom. The summed E-state index contributed by atoms with van der Waals surface area (Å²) in [5, 5.41) is 2.50. The average Bonchev–Trinajstić information content (AvgIpc) is 3.64. The fourth-order valence-corrected chi connectivity index (χ4v) is 4.63. The highest BCUT2D eigenvalue weighted by Crippen LogP contribution is 2.34. The minimum absolute atomic E-state index is 0.0517. The molecule has 0 bridgehead atoms. The zero-order valence-electron chi connectivity index (χ0n) is 19.9. The van der Waals surface area contributed by atoms with Crippen LogP contribution in [0.25, 0.3) is 6.08 Å². The second-order valence-electron chi connectivity index (χ2n) is 8.12. The number of fused-ring (bicyclic) bond motifs is 1. The van der Waals surface area contributed by atoms with Crippen LogP contribution in [0.15, 0.2) is 76.0 Å². The van der Waals surface area contributed by atoms with Gasteiger partial charge < -0.3 is 23.9 Å². The molecule has 0 radical (unpaired) electrons. The van der Waals surface area contributed by atoms with Gasteiger partial charge in [-0.15, -0.1) is 0 Å². The number of anilines is 1. The van der Waals surface area contributed by atoms with Crippen molar-refractivity contribution in [3.8, 4) is 17.2 Å². The van der Waals surface area contributed by atoms with Gasteiger partial charge in [-0.25, -0.2) is 4.99 Å². The van der Waals surface area contributed by atoms with Gasteiger partial charge in [0.05, 0.1) is 17.2 Å². The van der Waals surface area contributed by atoms with E-state index in [4.69, 9.17) is 13.9 Å². The van der Waals surface area contributed by atoms with Crippen molar-refractivity contribution in [2.24, 2.45) is 4.99 Å². The molecule has 5 rings (SSSR count). The van der Waals surface area contributed by atoms with Crippen molar-refractivity contribution >= 4 is 40.5 Å². The maximum atomic E-state index is 13.3. The highest BCUT2D eigenvalue weighted by Gasteiger charge is 2.34. The molecule has 1 atom stereocenters. The van der Waals surface area contributed by atoms with Crippen LogP contribution < -0.4 is 24.4 Å². The number of carbonyl (C=O) groups excluding carboxylic acids is 2. The summed E-state index contributed by atoms with van der Waals surface area (Å²) in [6, 6.07) is 14.3. The van der Waals surface area contributed by atoms with Crippen LogP contribution in [-0.2, 0) is 16.1 Å². The van der Waals surface area contributed by atoms with E-state index in [1.807, 2.05) is 6.07 Å². The predicted molar refractivity (Wildman–Crippen MR) is 136 cm³/mol. The quantitative estimate of drug-likeness (QED) is 0.409. The van der Waals surface area contributed by atoms with E-state index in [0.717, 1.165) is 17.3 Å². The summed E-state index contributed by atoms with van der Waals surface area (Å²) in [5.41, 5.74) is 1.31. The Kier molecular flexibility index (Phi) is 7.31. The Morgan fingerprint density at radius 2 is 1.97 bits per heavy atom. The highest BCUT2D eigenvalue weighted by molar-refractivity contribution is 8.15. The minimum atomic E-state index is -2.97. The molecule has 1 unspecified atom stereocenters. The molecule has 0 saturated carbocycles. The summed E-state index contributed by atoms with van der Waals surface area (Å²) in [4.78, 5) is 31.9. The number of carbonyl (C=O) groups is 2. The Bertz CT molecular complexity index is 1390. The Balaban J connectivity index is 1.32. The van der Waals surface area contributed by atoms with Crippen molar-refractivity contribution in [1.82, 2.24) is 5.32 Å². The number of halogens is 2. The molecule has 1 N–H and O–H groups in total. The summed E-state index contributed by atoms with van der Waals surface area (Å²) in [5.74, 6) is 0.920. The lowest BCUT2D eigenvalue weighted by Gasteiger charge is -2.20. The number of hydrogen-bond acceptors (Lipinski definition) is 8. The fourth-order valence-electron chi connectivity index (χ4n) is 3.68.